The molecule has 0 saturated heterocycles. The zero-order valence-electron chi connectivity index (χ0n) is 7.32. The molecule has 1 rings (SSSR count). The minimum Gasteiger partial charge on any atom is -0.328 e. The third kappa shape index (κ3) is 4.14. The first-order valence-corrected chi connectivity index (χ1v) is 6.18. The van der Waals surface area contributed by atoms with Crippen LogP contribution in [0, 0.1) is 0 Å². The standard InChI is InChI=1S/C9H15NS2/c1-8(10)4-6-11-7-9-3-2-5-12-9/h2-3,5,8H,4,6-7,10H2,1H3. The van der Waals surface area contributed by atoms with Crippen LogP contribution in [0.1, 0.15) is 18.2 Å². The summed E-state index contributed by atoms with van der Waals surface area (Å²) in [6.45, 7) is 2.06. The van der Waals surface area contributed by atoms with Gasteiger partial charge in [0.2, 0.25) is 0 Å². The van der Waals surface area contributed by atoms with E-state index in [1.54, 1.807) is 0 Å². The maximum absolute atomic E-state index is 5.64. The predicted octanol–water partition coefficient (Wildman–Crippen LogP) is 2.72. The van der Waals surface area contributed by atoms with Crippen LogP contribution in [0.15, 0.2) is 17.5 Å². The minimum absolute atomic E-state index is 0.348. The van der Waals surface area contributed by atoms with E-state index in [1.807, 2.05) is 23.1 Å². The summed E-state index contributed by atoms with van der Waals surface area (Å²) in [4.78, 5) is 1.46. The molecule has 1 unspecified atom stereocenters. The zero-order chi connectivity index (χ0) is 8.81. The fraction of sp³-hybridized carbons (Fsp3) is 0.556. The Kier molecular flexibility index (Phi) is 4.73. The van der Waals surface area contributed by atoms with Gasteiger partial charge in [0, 0.05) is 16.7 Å². The maximum Gasteiger partial charge on any atom is 0.0278 e. The van der Waals surface area contributed by atoms with Gasteiger partial charge < -0.3 is 5.73 Å². The lowest BCUT2D eigenvalue weighted by Gasteiger charge is -2.02. The van der Waals surface area contributed by atoms with Gasteiger partial charge in [-0.2, -0.15) is 11.8 Å². The highest BCUT2D eigenvalue weighted by molar-refractivity contribution is 7.98. The van der Waals surface area contributed by atoms with E-state index in [2.05, 4.69) is 24.4 Å². The number of hydrogen-bond donors (Lipinski definition) is 1. The van der Waals surface area contributed by atoms with Crippen LogP contribution in [0.3, 0.4) is 0 Å². The molecule has 0 aromatic carbocycles. The summed E-state index contributed by atoms with van der Waals surface area (Å²) in [5.74, 6) is 2.32. The van der Waals surface area contributed by atoms with Crippen molar-refractivity contribution < 1.29 is 0 Å². The molecule has 0 aliphatic carbocycles. The van der Waals surface area contributed by atoms with Crippen molar-refractivity contribution >= 4 is 23.1 Å². The summed E-state index contributed by atoms with van der Waals surface area (Å²) in [6.07, 6.45) is 1.12. The van der Waals surface area contributed by atoms with Crippen LogP contribution in [-0.2, 0) is 5.75 Å². The first kappa shape index (κ1) is 10.1. The van der Waals surface area contributed by atoms with E-state index >= 15 is 0 Å². The van der Waals surface area contributed by atoms with Crippen molar-refractivity contribution in [1.29, 1.82) is 0 Å². The average Bonchev–Trinajstić information content (AvgIpc) is 2.49. The van der Waals surface area contributed by atoms with Crippen molar-refractivity contribution in [2.45, 2.75) is 25.1 Å². The molecule has 0 aliphatic rings. The number of thioether (sulfide) groups is 1. The largest absolute Gasteiger partial charge is 0.328 e. The molecule has 0 aliphatic heterocycles. The summed E-state index contributed by atoms with van der Waals surface area (Å²) in [6, 6.07) is 4.64. The van der Waals surface area contributed by atoms with E-state index in [0.29, 0.717) is 6.04 Å². The van der Waals surface area contributed by atoms with Crippen LogP contribution < -0.4 is 5.73 Å². The fourth-order valence-electron chi connectivity index (χ4n) is 0.837. The van der Waals surface area contributed by atoms with Gasteiger partial charge in [0.15, 0.2) is 0 Å². The third-order valence-corrected chi connectivity index (χ3v) is 3.64. The highest BCUT2D eigenvalue weighted by Gasteiger charge is 1.96. The molecule has 2 N–H and O–H groups in total. The molecule has 1 aromatic heterocycles. The van der Waals surface area contributed by atoms with Crippen molar-refractivity contribution in [3.63, 3.8) is 0 Å². The number of nitrogens with two attached hydrogens (primary N) is 1. The molecule has 0 saturated carbocycles. The van der Waals surface area contributed by atoms with Crippen LogP contribution in [0.25, 0.3) is 0 Å². The molecular weight excluding hydrogens is 186 g/mol. The molecule has 1 heterocycles. The van der Waals surface area contributed by atoms with E-state index in [-0.39, 0.29) is 0 Å². The second-order valence-electron chi connectivity index (χ2n) is 2.90. The second-order valence-corrected chi connectivity index (χ2v) is 5.04. The van der Waals surface area contributed by atoms with Gasteiger partial charge in [-0.25, -0.2) is 0 Å². The zero-order valence-corrected chi connectivity index (χ0v) is 8.96. The molecule has 0 radical (unpaired) electrons. The van der Waals surface area contributed by atoms with Gasteiger partial charge in [0.1, 0.15) is 0 Å². The van der Waals surface area contributed by atoms with Gasteiger partial charge in [0.25, 0.3) is 0 Å². The minimum atomic E-state index is 0.348. The lowest BCUT2D eigenvalue weighted by atomic mass is 10.3. The number of hydrogen-bond acceptors (Lipinski definition) is 3. The summed E-state index contributed by atoms with van der Waals surface area (Å²) in [5, 5.41) is 2.13. The molecule has 0 bridgehead atoms. The Morgan fingerprint density at radius 1 is 1.67 bits per heavy atom. The van der Waals surface area contributed by atoms with Crippen molar-refractivity contribution in [2.75, 3.05) is 5.75 Å². The molecule has 12 heavy (non-hydrogen) atoms. The Morgan fingerprint density at radius 2 is 2.50 bits per heavy atom. The van der Waals surface area contributed by atoms with Crippen molar-refractivity contribution in [3.8, 4) is 0 Å². The van der Waals surface area contributed by atoms with Crippen molar-refractivity contribution in [1.82, 2.24) is 0 Å². The van der Waals surface area contributed by atoms with E-state index in [4.69, 9.17) is 5.73 Å². The van der Waals surface area contributed by atoms with E-state index in [9.17, 15) is 0 Å². The molecule has 0 fully saturated rings. The van der Waals surface area contributed by atoms with Crippen LogP contribution in [-0.4, -0.2) is 11.8 Å². The summed E-state index contributed by atoms with van der Waals surface area (Å²) in [7, 11) is 0. The SMILES string of the molecule is CC(N)CCSCc1cccs1. The molecular formula is C9H15NS2. The van der Waals surface area contributed by atoms with Crippen LogP contribution in [0.5, 0.6) is 0 Å². The Bertz CT molecular complexity index is 194. The van der Waals surface area contributed by atoms with Crippen molar-refractivity contribution in [3.05, 3.63) is 22.4 Å². The monoisotopic (exact) mass is 201 g/mol. The Labute approximate surface area is 82.4 Å². The average molecular weight is 201 g/mol. The van der Waals surface area contributed by atoms with E-state index in [0.717, 1.165) is 12.2 Å². The van der Waals surface area contributed by atoms with Gasteiger partial charge in [-0.05, 0) is 30.5 Å². The molecule has 1 atom stereocenters. The molecule has 3 heteroatoms. The van der Waals surface area contributed by atoms with Gasteiger partial charge in [0.05, 0.1) is 0 Å². The highest BCUT2D eigenvalue weighted by atomic mass is 32.2. The van der Waals surface area contributed by atoms with Crippen LogP contribution in [0.2, 0.25) is 0 Å². The first-order valence-electron chi connectivity index (χ1n) is 4.15. The lowest BCUT2D eigenvalue weighted by Crippen LogP contribution is -2.15. The molecule has 0 amide bonds. The summed E-state index contributed by atoms with van der Waals surface area (Å²) < 4.78 is 0. The fourth-order valence-corrected chi connectivity index (χ4v) is 2.83. The number of thiophene rings is 1. The Balaban J connectivity index is 2.04. The van der Waals surface area contributed by atoms with Gasteiger partial charge in [-0.3, -0.25) is 0 Å². The lowest BCUT2D eigenvalue weighted by molar-refractivity contribution is 0.721. The highest BCUT2D eigenvalue weighted by Crippen LogP contribution is 2.17. The predicted molar refractivity (Wildman–Crippen MR) is 58.7 cm³/mol. The molecule has 68 valence electrons. The van der Waals surface area contributed by atoms with E-state index in [1.165, 1.54) is 10.6 Å². The topological polar surface area (TPSA) is 26.0 Å². The Morgan fingerprint density at radius 3 is 3.08 bits per heavy atom. The van der Waals surface area contributed by atoms with Crippen LogP contribution >= 0.6 is 23.1 Å². The smallest absolute Gasteiger partial charge is 0.0278 e. The van der Waals surface area contributed by atoms with Gasteiger partial charge in [-0.15, -0.1) is 11.3 Å². The summed E-state index contributed by atoms with van der Waals surface area (Å²) >= 11 is 3.80. The number of rotatable bonds is 5. The quantitative estimate of drug-likeness (QED) is 0.741. The summed E-state index contributed by atoms with van der Waals surface area (Å²) in [5.41, 5.74) is 5.64. The second kappa shape index (κ2) is 5.62. The molecule has 1 nitrogen and oxygen atoms in total. The molecule has 0 spiro atoms. The molecule has 1 aromatic rings. The van der Waals surface area contributed by atoms with Gasteiger partial charge in [-0.1, -0.05) is 6.07 Å². The first-order chi connectivity index (χ1) is 5.79. The maximum atomic E-state index is 5.64. The van der Waals surface area contributed by atoms with Gasteiger partial charge >= 0.3 is 0 Å². The van der Waals surface area contributed by atoms with E-state index < -0.39 is 0 Å². The normalized spacial score (nSPS) is 13.2. The Hall–Kier alpha value is 0.01000. The van der Waals surface area contributed by atoms with Crippen LogP contribution in [0.4, 0.5) is 0 Å². The third-order valence-electron chi connectivity index (χ3n) is 1.54. The van der Waals surface area contributed by atoms with Crippen molar-refractivity contribution in [2.24, 2.45) is 5.73 Å².